The number of hydrogen-bond acceptors (Lipinski definition) is 4. The average molecular weight is 330 g/mol. The summed E-state index contributed by atoms with van der Waals surface area (Å²) in [5, 5.41) is 0. The predicted octanol–water partition coefficient (Wildman–Crippen LogP) is 4.50. The second-order valence-corrected chi connectivity index (χ2v) is 6.53. The van der Waals surface area contributed by atoms with Gasteiger partial charge in [-0.15, -0.1) is 0 Å². The molecule has 0 unspecified atom stereocenters. The highest BCUT2D eigenvalue weighted by atomic mass is 15.2. The number of anilines is 1. The molecule has 3 heterocycles. The average Bonchev–Trinajstić information content (AvgIpc) is 2.69. The molecule has 4 nitrogen and oxygen atoms in total. The SMILES string of the molecule is Cc1nc(-c2cncc(-c3ccccc3)c2)cc(N2CCCCC2)n1. The van der Waals surface area contributed by atoms with Gasteiger partial charge >= 0.3 is 0 Å². The van der Waals surface area contributed by atoms with E-state index in [1.54, 1.807) is 0 Å². The molecule has 0 saturated carbocycles. The molecule has 0 radical (unpaired) electrons. The van der Waals surface area contributed by atoms with E-state index in [0.29, 0.717) is 0 Å². The second kappa shape index (κ2) is 7.01. The summed E-state index contributed by atoms with van der Waals surface area (Å²) in [6.45, 7) is 4.13. The molecule has 3 aromatic rings. The van der Waals surface area contributed by atoms with Crippen LogP contribution in [-0.2, 0) is 0 Å². The zero-order valence-electron chi connectivity index (χ0n) is 14.5. The first-order valence-electron chi connectivity index (χ1n) is 8.91. The zero-order chi connectivity index (χ0) is 17.1. The van der Waals surface area contributed by atoms with Crippen LogP contribution in [0.1, 0.15) is 25.1 Å². The molecule has 1 aliphatic heterocycles. The standard InChI is InChI=1S/C21H22N4/c1-16-23-20(13-21(24-16)25-10-6-3-7-11-25)19-12-18(14-22-15-19)17-8-4-2-5-9-17/h2,4-5,8-9,12-15H,3,6-7,10-11H2,1H3. The fraction of sp³-hybridized carbons (Fsp3) is 0.286. The molecule has 25 heavy (non-hydrogen) atoms. The van der Waals surface area contributed by atoms with Crippen molar-refractivity contribution < 1.29 is 0 Å². The minimum absolute atomic E-state index is 0.809. The quantitative estimate of drug-likeness (QED) is 0.709. The third-order valence-electron chi connectivity index (χ3n) is 4.65. The molecular formula is C21H22N4. The van der Waals surface area contributed by atoms with Crippen LogP contribution in [0.2, 0.25) is 0 Å². The van der Waals surface area contributed by atoms with Gasteiger partial charge in [0.25, 0.3) is 0 Å². The van der Waals surface area contributed by atoms with Gasteiger partial charge in [0.1, 0.15) is 11.6 Å². The maximum atomic E-state index is 4.66. The zero-order valence-corrected chi connectivity index (χ0v) is 14.5. The van der Waals surface area contributed by atoms with Crippen molar-refractivity contribution in [3.05, 3.63) is 60.7 Å². The van der Waals surface area contributed by atoms with Crippen LogP contribution in [-0.4, -0.2) is 28.0 Å². The van der Waals surface area contributed by atoms with E-state index in [4.69, 9.17) is 0 Å². The summed E-state index contributed by atoms with van der Waals surface area (Å²) in [6.07, 6.45) is 7.58. The smallest absolute Gasteiger partial charge is 0.132 e. The summed E-state index contributed by atoms with van der Waals surface area (Å²) in [6, 6.07) is 14.6. The normalized spacial score (nSPS) is 14.5. The largest absolute Gasteiger partial charge is 0.356 e. The molecule has 0 spiro atoms. The van der Waals surface area contributed by atoms with Gasteiger partial charge in [-0.25, -0.2) is 9.97 Å². The molecule has 2 aromatic heterocycles. The van der Waals surface area contributed by atoms with Crippen molar-refractivity contribution in [3.63, 3.8) is 0 Å². The first-order chi connectivity index (χ1) is 12.3. The molecule has 0 aliphatic carbocycles. The Morgan fingerprint density at radius 1 is 0.800 bits per heavy atom. The Morgan fingerprint density at radius 3 is 2.36 bits per heavy atom. The van der Waals surface area contributed by atoms with E-state index < -0.39 is 0 Å². The lowest BCUT2D eigenvalue weighted by Gasteiger charge is -2.28. The van der Waals surface area contributed by atoms with Crippen LogP contribution >= 0.6 is 0 Å². The fourth-order valence-electron chi connectivity index (χ4n) is 3.35. The lowest BCUT2D eigenvalue weighted by molar-refractivity contribution is 0.572. The summed E-state index contributed by atoms with van der Waals surface area (Å²) in [4.78, 5) is 16.1. The highest BCUT2D eigenvalue weighted by molar-refractivity contribution is 5.71. The van der Waals surface area contributed by atoms with Gasteiger partial charge in [0.15, 0.2) is 0 Å². The van der Waals surface area contributed by atoms with Crippen molar-refractivity contribution in [3.8, 4) is 22.4 Å². The third kappa shape index (κ3) is 3.53. The lowest BCUT2D eigenvalue weighted by atomic mass is 10.0. The van der Waals surface area contributed by atoms with Crippen molar-refractivity contribution in [1.29, 1.82) is 0 Å². The summed E-state index contributed by atoms with van der Waals surface area (Å²) in [5.41, 5.74) is 4.25. The minimum Gasteiger partial charge on any atom is -0.356 e. The summed E-state index contributed by atoms with van der Waals surface area (Å²) in [7, 11) is 0. The van der Waals surface area contributed by atoms with Crippen LogP contribution in [0.5, 0.6) is 0 Å². The molecule has 0 bridgehead atoms. The van der Waals surface area contributed by atoms with Crippen molar-refractivity contribution in [1.82, 2.24) is 15.0 Å². The first-order valence-corrected chi connectivity index (χ1v) is 8.91. The molecule has 0 amide bonds. The molecule has 1 saturated heterocycles. The van der Waals surface area contributed by atoms with E-state index in [0.717, 1.165) is 41.6 Å². The second-order valence-electron chi connectivity index (χ2n) is 6.53. The topological polar surface area (TPSA) is 41.9 Å². The maximum absolute atomic E-state index is 4.66. The lowest BCUT2D eigenvalue weighted by Crippen LogP contribution is -2.30. The molecule has 1 aliphatic rings. The number of pyridine rings is 1. The van der Waals surface area contributed by atoms with E-state index in [1.165, 1.54) is 24.8 Å². The fourth-order valence-corrected chi connectivity index (χ4v) is 3.35. The Kier molecular flexibility index (Phi) is 4.42. The van der Waals surface area contributed by atoms with Gasteiger partial charge in [-0.1, -0.05) is 30.3 Å². The molecule has 0 N–H and O–H groups in total. The predicted molar refractivity (Wildman–Crippen MR) is 102 cm³/mol. The Hall–Kier alpha value is -2.75. The molecular weight excluding hydrogens is 308 g/mol. The van der Waals surface area contributed by atoms with Crippen molar-refractivity contribution >= 4 is 5.82 Å². The number of benzene rings is 1. The highest BCUT2D eigenvalue weighted by Crippen LogP contribution is 2.27. The van der Waals surface area contributed by atoms with Crippen LogP contribution in [0, 0.1) is 6.92 Å². The number of aromatic nitrogens is 3. The van der Waals surface area contributed by atoms with E-state index in [-0.39, 0.29) is 0 Å². The Bertz CT molecular complexity index is 855. The van der Waals surface area contributed by atoms with Crippen LogP contribution in [0.25, 0.3) is 22.4 Å². The number of rotatable bonds is 3. The number of hydrogen-bond donors (Lipinski definition) is 0. The number of aryl methyl sites for hydroxylation is 1. The maximum Gasteiger partial charge on any atom is 0.132 e. The van der Waals surface area contributed by atoms with Crippen LogP contribution < -0.4 is 4.90 Å². The van der Waals surface area contributed by atoms with Gasteiger partial charge in [-0.3, -0.25) is 4.98 Å². The summed E-state index contributed by atoms with van der Waals surface area (Å²) < 4.78 is 0. The van der Waals surface area contributed by atoms with Gasteiger partial charge in [0.2, 0.25) is 0 Å². The highest BCUT2D eigenvalue weighted by Gasteiger charge is 2.14. The third-order valence-corrected chi connectivity index (χ3v) is 4.65. The molecule has 4 rings (SSSR count). The molecule has 1 aromatic carbocycles. The van der Waals surface area contributed by atoms with Crippen molar-refractivity contribution in [2.24, 2.45) is 0 Å². The Balaban J connectivity index is 1.71. The molecule has 0 atom stereocenters. The van der Waals surface area contributed by atoms with Gasteiger partial charge in [-0.05, 0) is 37.8 Å². The van der Waals surface area contributed by atoms with Crippen molar-refractivity contribution in [2.45, 2.75) is 26.2 Å². The number of nitrogens with zero attached hydrogens (tertiary/aromatic N) is 4. The summed E-state index contributed by atoms with van der Waals surface area (Å²) in [5.74, 6) is 1.84. The Morgan fingerprint density at radius 2 is 1.56 bits per heavy atom. The van der Waals surface area contributed by atoms with E-state index in [1.807, 2.05) is 37.5 Å². The summed E-state index contributed by atoms with van der Waals surface area (Å²) >= 11 is 0. The van der Waals surface area contributed by atoms with Crippen molar-refractivity contribution in [2.75, 3.05) is 18.0 Å². The van der Waals surface area contributed by atoms with Gasteiger partial charge in [0.05, 0.1) is 5.69 Å². The van der Waals surface area contributed by atoms with Gasteiger partial charge in [0, 0.05) is 42.7 Å². The molecule has 1 fully saturated rings. The van der Waals surface area contributed by atoms with E-state index in [9.17, 15) is 0 Å². The Labute approximate surface area is 148 Å². The first kappa shape index (κ1) is 15.8. The molecule has 126 valence electrons. The van der Waals surface area contributed by atoms with Gasteiger partial charge in [-0.2, -0.15) is 0 Å². The minimum atomic E-state index is 0.809. The van der Waals surface area contributed by atoms with E-state index >= 15 is 0 Å². The molecule has 4 heteroatoms. The van der Waals surface area contributed by atoms with Crippen LogP contribution in [0.4, 0.5) is 5.82 Å². The van der Waals surface area contributed by atoms with E-state index in [2.05, 4.69) is 44.1 Å². The van der Waals surface area contributed by atoms with Crippen LogP contribution in [0.3, 0.4) is 0 Å². The van der Waals surface area contributed by atoms with Crippen LogP contribution in [0.15, 0.2) is 54.9 Å². The number of piperidine rings is 1. The monoisotopic (exact) mass is 330 g/mol. The van der Waals surface area contributed by atoms with Gasteiger partial charge < -0.3 is 4.90 Å².